The van der Waals surface area contributed by atoms with Gasteiger partial charge < -0.3 is 9.64 Å². The molecule has 29 heavy (non-hydrogen) atoms. The van der Waals surface area contributed by atoms with Gasteiger partial charge in [-0.15, -0.1) is 0 Å². The monoisotopic (exact) mass is 416 g/mol. The van der Waals surface area contributed by atoms with Crippen molar-refractivity contribution in [2.45, 2.75) is 31.6 Å². The predicted octanol–water partition coefficient (Wildman–Crippen LogP) is 3.54. The minimum Gasteiger partial charge on any atom is -0.492 e. The van der Waals surface area contributed by atoms with Crippen molar-refractivity contribution in [1.82, 2.24) is 4.90 Å². The van der Waals surface area contributed by atoms with Gasteiger partial charge in [0.25, 0.3) is 10.0 Å². The number of para-hydroxylation sites is 2. The number of hydrogen-bond donors (Lipinski definition) is 0. The highest BCUT2D eigenvalue weighted by Gasteiger charge is 2.31. The molecule has 1 amide bonds. The highest BCUT2D eigenvalue weighted by Crippen LogP contribution is 2.32. The van der Waals surface area contributed by atoms with Crippen LogP contribution < -0.4 is 9.04 Å². The molecule has 1 aliphatic rings. The molecule has 3 rings (SSSR count). The minimum atomic E-state index is -3.94. The lowest BCUT2D eigenvalue weighted by atomic mass is 10.0. The van der Waals surface area contributed by atoms with E-state index in [1.807, 2.05) is 6.92 Å². The molecule has 0 saturated carbocycles. The number of hydrogen-bond acceptors (Lipinski definition) is 4. The molecule has 2 aromatic rings. The Morgan fingerprint density at radius 1 is 1.14 bits per heavy atom. The highest BCUT2D eigenvalue weighted by molar-refractivity contribution is 7.92. The van der Waals surface area contributed by atoms with E-state index in [4.69, 9.17) is 4.74 Å². The highest BCUT2D eigenvalue weighted by atomic mass is 32.2. The van der Waals surface area contributed by atoms with Gasteiger partial charge in [0.1, 0.15) is 12.3 Å². The number of piperidine rings is 1. The van der Waals surface area contributed by atoms with Gasteiger partial charge in [-0.25, -0.2) is 8.42 Å². The Morgan fingerprint density at radius 3 is 2.52 bits per heavy atom. The molecular weight excluding hydrogens is 388 g/mol. The average molecular weight is 417 g/mol. The molecule has 1 fully saturated rings. The van der Waals surface area contributed by atoms with E-state index in [-0.39, 0.29) is 17.3 Å². The van der Waals surface area contributed by atoms with Crippen molar-refractivity contribution in [3.8, 4) is 5.75 Å². The van der Waals surface area contributed by atoms with E-state index in [9.17, 15) is 13.2 Å². The Bertz CT molecular complexity index is 931. The molecule has 0 bridgehead atoms. The summed E-state index contributed by atoms with van der Waals surface area (Å²) in [6.45, 7) is 5.41. The van der Waals surface area contributed by atoms with Gasteiger partial charge in [0.15, 0.2) is 0 Å². The number of nitrogens with zero attached hydrogens (tertiary/aromatic N) is 2. The van der Waals surface area contributed by atoms with Crippen molar-refractivity contribution in [3.63, 3.8) is 0 Å². The summed E-state index contributed by atoms with van der Waals surface area (Å²) in [4.78, 5) is 15.0. The van der Waals surface area contributed by atoms with Gasteiger partial charge in [-0.3, -0.25) is 9.10 Å². The lowest BCUT2D eigenvalue weighted by Gasteiger charge is -2.33. The number of carbonyl (C=O) groups is 1. The molecule has 1 saturated heterocycles. The van der Waals surface area contributed by atoms with E-state index in [1.54, 1.807) is 59.5 Å². The average Bonchev–Trinajstić information content (AvgIpc) is 2.73. The van der Waals surface area contributed by atoms with Crippen molar-refractivity contribution in [2.75, 3.05) is 30.5 Å². The standard InChI is InChI=1S/C22H28N2O4S/c1-3-28-21-14-8-7-13-20(21)24(29(26,27)19-11-5-4-6-12-19)17-22(25)23-15-9-10-18(2)16-23/h4-8,11-14,18H,3,9-10,15-17H2,1-2H3/t18-/m1/s1. The fourth-order valence-electron chi connectivity index (χ4n) is 3.60. The number of benzene rings is 2. The number of amides is 1. The number of likely N-dealkylation sites (tertiary alicyclic amines) is 1. The van der Waals surface area contributed by atoms with Crippen LogP contribution in [0.5, 0.6) is 5.75 Å². The summed E-state index contributed by atoms with van der Waals surface area (Å²) in [7, 11) is -3.94. The van der Waals surface area contributed by atoms with Crippen LogP contribution in [0.3, 0.4) is 0 Å². The van der Waals surface area contributed by atoms with E-state index < -0.39 is 10.0 Å². The summed E-state index contributed by atoms with van der Waals surface area (Å²) in [5, 5.41) is 0. The summed E-state index contributed by atoms with van der Waals surface area (Å²) in [6.07, 6.45) is 2.02. The zero-order valence-electron chi connectivity index (χ0n) is 17.0. The zero-order chi connectivity index (χ0) is 20.9. The van der Waals surface area contributed by atoms with Crippen molar-refractivity contribution < 1.29 is 17.9 Å². The first-order valence-corrected chi connectivity index (χ1v) is 11.4. The quantitative estimate of drug-likeness (QED) is 0.692. The summed E-state index contributed by atoms with van der Waals surface area (Å²) in [6, 6.07) is 15.1. The Kier molecular flexibility index (Phi) is 6.79. The molecule has 156 valence electrons. The topological polar surface area (TPSA) is 66.9 Å². The zero-order valence-corrected chi connectivity index (χ0v) is 17.8. The van der Waals surface area contributed by atoms with Crippen LogP contribution in [-0.4, -0.2) is 45.5 Å². The Labute approximate surface area is 173 Å². The van der Waals surface area contributed by atoms with Gasteiger partial charge in [-0.05, 0) is 49.9 Å². The maximum Gasteiger partial charge on any atom is 0.264 e. The van der Waals surface area contributed by atoms with Crippen LogP contribution in [-0.2, 0) is 14.8 Å². The maximum absolute atomic E-state index is 13.5. The molecule has 1 heterocycles. The fourth-order valence-corrected chi connectivity index (χ4v) is 5.04. The molecule has 0 N–H and O–H groups in total. The van der Waals surface area contributed by atoms with Gasteiger partial charge in [0, 0.05) is 13.1 Å². The van der Waals surface area contributed by atoms with Crippen LogP contribution in [0.15, 0.2) is 59.5 Å². The fraction of sp³-hybridized carbons (Fsp3) is 0.409. The Balaban J connectivity index is 1.99. The molecule has 0 aromatic heterocycles. The number of sulfonamides is 1. The number of anilines is 1. The van der Waals surface area contributed by atoms with E-state index >= 15 is 0 Å². The van der Waals surface area contributed by atoms with Crippen LogP contribution in [0.1, 0.15) is 26.7 Å². The molecule has 0 spiro atoms. The van der Waals surface area contributed by atoms with Gasteiger partial charge in [-0.1, -0.05) is 37.3 Å². The molecule has 1 aliphatic heterocycles. The van der Waals surface area contributed by atoms with Crippen LogP contribution in [0.25, 0.3) is 0 Å². The van der Waals surface area contributed by atoms with Crippen LogP contribution in [0.2, 0.25) is 0 Å². The van der Waals surface area contributed by atoms with Crippen molar-refractivity contribution in [2.24, 2.45) is 5.92 Å². The molecule has 0 unspecified atom stereocenters. The molecule has 1 atom stereocenters. The van der Waals surface area contributed by atoms with E-state index in [1.165, 1.54) is 4.31 Å². The second-order valence-electron chi connectivity index (χ2n) is 7.31. The number of ether oxygens (including phenoxy) is 1. The third-order valence-electron chi connectivity index (χ3n) is 5.05. The van der Waals surface area contributed by atoms with Gasteiger partial charge >= 0.3 is 0 Å². The minimum absolute atomic E-state index is 0.145. The number of rotatable bonds is 7. The lowest BCUT2D eigenvalue weighted by molar-refractivity contribution is -0.131. The second kappa shape index (κ2) is 9.31. The Morgan fingerprint density at radius 2 is 1.83 bits per heavy atom. The van der Waals surface area contributed by atoms with Crippen LogP contribution in [0.4, 0.5) is 5.69 Å². The van der Waals surface area contributed by atoms with Crippen molar-refractivity contribution in [1.29, 1.82) is 0 Å². The smallest absolute Gasteiger partial charge is 0.264 e. The van der Waals surface area contributed by atoms with E-state index in [0.717, 1.165) is 12.8 Å². The third-order valence-corrected chi connectivity index (χ3v) is 6.83. The maximum atomic E-state index is 13.5. The summed E-state index contributed by atoms with van der Waals surface area (Å²) in [5.74, 6) is 0.666. The molecule has 2 aromatic carbocycles. The largest absolute Gasteiger partial charge is 0.492 e. The third kappa shape index (κ3) is 4.90. The van der Waals surface area contributed by atoms with Crippen LogP contribution in [0, 0.1) is 5.92 Å². The second-order valence-corrected chi connectivity index (χ2v) is 9.17. The summed E-state index contributed by atoms with van der Waals surface area (Å²) >= 11 is 0. The normalized spacial score (nSPS) is 17.0. The first-order valence-electron chi connectivity index (χ1n) is 10.0. The SMILES string of the molecule is CCOc1ccccc1N(CC(=O)N1CCC[C@@H](C)C1)S(=O)(=O)c1ccccc1. The molecule has 7 heteroatoms. The predicted molar refractivity (Wildman–Crippen MR) is 114 cm³/mol. The molecule has 0 aliphatic carbocycles. The van der Waals surface area contributed by atoms with Gasteiger partial charge in [0.2, 0.25) is 5.91 Å². The molecule has 6 nitrogen and oxygen atoms in total. The number of carbonyl (C=O) groups excluding carboxylic acids is 1. The van der Waals surface area contributed by atoms with Gasteiger partial charge in [-0.2, -0.15) is 0 Å². The van der Waals surface area contributed by atoms with Gasteiger partial charge in [0.05, 0.1) is 17.2 Å². The summed E-state index contributed by atoms with van der Waals surface area (Å²) < 4.78 is 33.8. The first-order chi connectivity index (χ1) is 13.9. The Hall–Kier alpha value is -2.54. The van der Waals surface area contributed by atoms with E-state index in [0.29, 0.717) is 37.1 Å². The van der Waals surface area contributed by atoms with Crippen LogP contribution >= 0.6 is 0 Å². The first kappa shape index (κ1) is 21.2. The molecule has 0 radical (unpaired) electrons. The van der Waals surface area contributed by atoms with Crippen molar-refractivity contribution in [3.05, 3.63) is 54.6 Å². The lowest BCUT2D eigenvalue weighted by Crippen LogP contribution is -2.46. The van der Waals surface area contributed by atoms with E-state index in [2.05, 4.69) is 6.92 Å². The molecular formula is C22H28N2O4S. The van der Waals surface area contributed by atoms with Crippen molar-refractivity contribution >= 4 is 21.6 Å². The summed E-state index contributed by atoms with van der Waals surface area (Å²) in [5.41, 5.74) is 0.372.